The third-order valence-corrected chi connectivity index (χ3v) is 6.42. The van der Waals surface area contributed by atoms with Gasteiger partial charge < -0.3 is 20.3 Å². The molecule has 2 N–H and O–H groups in total. The highest BCUT2D eigenvalue weighted by atomic mass is 16.5. The first-order valence-corrected chi connectivity index (χ1v) is 12.4. The zero-order valence-electron chi connectivity index (χ0n) is 21.6. The lowest BCUT2D eigenvalue weighted by molar-refractivity contribution is 0.102. The van der Waals surface area contributed by atoms with Crippen molar-refractivity contribution in [1.29, 1.82) is 0 Å². The second kappa shape index (κ2) is 11.0. The summed E-state index contributed by atoms with van der Waals surface area (Å²) < 4.78 is 5.29. The summed E-state index contributed by atoms with van der Waals surface area (Å²) in [5.74, 6) is 1.99. The Morgan fingerprint density at radius 3 is 2.32 bits per heavy atom. The summed E-state index contributed by atoms with van der Waals surface area (Å²) in [5, 5.41) is 7.27. The average molecular weight is 504 g/mol. The van der Waals surface area contributed by atoms with Crippen LogP contribution in [0.5, 0.6) is 5.75 Å². The molecule has 5 rings (SSSR count). The first kappa shape index (κ1) is 24.8. The zero-order chi connectivity index (χ0) is 26.5. The molecule has 4 aromatic carbocycles. The number of methoxy groups -OCH3 is 1. The Morgan fingerprint density at radius 1 is 0.868 bits per heavy atom. The van der Waals surface area contributed by atoms with Crippen LogP contribution in [0.25, 0.3) is 10.9 Å². The maximum atomic E-state index is 12.7. The minimum Gasteiger partial charge on any atom is -0.497 e. The van der Waals surface area contributed by atoms with Crippen molar-refractivity contribution in [2.24, 2.45) is 0 Å². The van der Waals surface area contributed by atoms with E-state index in [1.807, 2.05) is 116 Å². The van der Waals surface area contributed by atoms with E-state index in [-0.39, 0.29) is 5.91 Å². The number of benzene rings is 4. The van der Waals surface area contributed by atoms with Gasteiger partial charge in [0.25, 0.3) is 5.91 Å². The SMILES string of the molecule is COc1ccc(N(C)c2nc(NCc3ccc(C(=O)Nc4ccccc4C)cc3)nc3ccccc23)cc1. The van der Waals surface area contributed by atoms with Crippen molar-refractivity contribution in [3.05, 3.63) is 114 Å². The van der Waals surface area contributed by atoms with Gasteiger partial charge in [-0.1, -0.05) is 42.5 Å². The molecule has 0 fully saturated rings. The normalized spacial score (nSPS) is 10.7. The number of hydrogen-bond donors (Lipinski definition) is 2. The van der Waals surface area contributed by atoms with Crippen molar-refractivity contribution in [3.63, 3.8) is 0 Å². The number of amides is 1. The van der Waals surface area contributed by atoms with Crippen molar-refractivity contribution < 1.29 is 9.53 Å². The predicted octanol–water partition coefficient (Wildman–Crippen LogP) is 6.58. The highest BCUT2D eigenvalue weighted by Gasteiger charge is 2.14. The van der Waals surface area contributed by atoms with Gasteiger partial charge in [-0.15, -0.1) is 0 Å². The second-order valence-electron chi connectivity index (χ2n) is 8.96. The van der Waals surface area contributed by atoms with Gasteiger partial charge in [-0.3, -0.25) is 4.79 Å². The standard InChI is InChI=1S/C31H29N5O2/c1-21-8-4-6-10-27(21)33-30(37)23-14-12-22(13-15-23)20-32-31-34-28-11-7-5-9-26(28)29(35-31)36(2)24-16-18-25(38-3)19-17-24/h4-19H,20H2,1-3H3,(H,33,37)(H,32,34,35). The third kappa shape index (κ3) is 5.42. The Balaban J connectivity index is 1.32. The van der Waals surface area contributed by atoms with Crippen LogP contribution >= 0.6 is 0 Å². The highest BCUT2D eigenvalue weighted by molar-refractivity contribution is 6.04. The number of hydrogen-bond acceptors (Lipinski definition) is 6. The fraction of sp³-hybridized carbons (Fsp3) is 0.129. The molecule has 1 aromatic heterocycles. The lowest BCUT2D eigenvalue weighted by Crippen LogP contribution is -2.14. The Morgan fingerprint density at radius 2 is 1.58 bits per heavy atom. The number of rotatable bonds is 8. The molecule has 0 saturated heterocycles. The number of carbonyl (C=O) groups is 1. The second-order valence-corrected chi connectivity index (χ2v) is 8.96. The van der Waals surface area contributed by atoms with E-state index in [0.717, 1.165) is 45.0 Å². The first-order valence-electron chi connectivity index (χ1n) is 12.4. The number of aryl methyl sites for hydroxylation is 1. The summed E-state index contributed by atoms with van der Waals surface area (Å²) in [7, 11) is 3.64. The first-order chi connectivity index (χ1) is 18.5. The molecule has 0 aliphatic carbocycles. The maximum absolute atomic E-state index is 12.7. The van der Waals surface area contributed by atoms with Gasteiger partial charge in [0.15, 0.2) is 0 Å². The van der Waals surface area contributed by atoms with E-state index < -0.39 is 0 Å². The Labute approximate surface area is 222 Å². The third-order valence-electron chi connectivity index (χ3n) is 6.42. The number of aromatic nitrogens is 2. The summed E-state index contributed by atoms with van der Waals surface area (Å²) in [4.78, 5) is 24.3. The fourth-order valence-corrected chi connectivity index (χ4v) is 4.19. The van der Waals surface area contributed by atoms with E-state index in [9.17, 15) is 4.79 Å². The quantitative estimate of drug-likeness (QED) is 0.249. The molecule has 0 saturated carbocycles. The fourth-order valence-electron chi connectivity index (χ4n) is 4.19. The average Bonchev–Trinajstić information content (AvgIpc) is 2.96. The van der Waals surface area contributed by atoms with Crippen LogP contribution in [0.4, 0.5) is 23.1 Å². The smallest absolute Gasteiger partial charge is 0.255 e. The molecule has 1 heterocycles. The molecule has 0 atom stereocenters. The van der Waals surface area contributed by atoms with Gasteiger partial charge in [-0.25, -0.2) is 4.98 Å². The van der Waals surface area contributed by atoms with E-state index in [0.29, 0.717) is 18.1 Å². The number of anilines is 4. The molecule has 38 heavy (non-hydrogen) atoms. The van der Waals surface area contributed by atoms with Crippen LogP contribution in [0.3, 0.4) is 0 Å². The summed E-state index contributed by atoms with van der Waals surface area (Å²) in [6.07, 6.45) is 0. The van der Waals surface area contributed by atoms with Crippen LogP contribution in [0.15, 0.2) is 97.1 Å². The van der Waals surface area contributed by atoms with Gasteiger partial charge in [0.2, 0.25) is 5.95 Å². The van der Waals surface area contributed by atoms with Gasteiger partial charge in [0.1, 0.15) is 11.6 Å². The zero-order valence-corrected chi connectivity index (χ0v) is 21.6. The molecule has 0 aliphatic rings. The minimum absolute atomic E-state index is 0.136. The Bertz CT molecular complexity index is 1570. The number of nitrogens with one attached hydrogen (secondary N) is 2. The van der Waals surface area contributed by atoms with Crippen LogP contribution in [0, 0.1) is 6.92 Å². The lowest BCUT2D eigenvalue weighted by Gasteiger charge is -2.21. The Kier molecular flexibility index (Phi) is 7.17. The summed E-state index contributed by atoms with van der Waals surface area (Å²) in [6.45, 7) is 2.49. The maximum Gasteiger partial charge on any atom is 0.255 e. The summed E-state index contributed by atoms with van der Waals surface area (Å²) >= 11 is 0. The van der Waals surface area contributed by atoms with Gasteiger partial charge >= 0.3 is 0 Å². The van der Waals surface area contributed by atoms with E-state index in [1.54, 1.807) is 7.11 Å². The van der Waals surface area contributed by atoms with Crippen LogP contribution in [-0.2, 0) is 6.54 Å². The Hall–Kier alpha value is -4.91. The van der Waals surface area contributed by atoms with Crippen molar-refractivity contribution >= 4 is 40.0 Å². The molecule has 7 nitrogen and oxygen atoms in total. The lowest BCUT2D eigenvalue weighted by atomic mass is 10.1. The number of nitrogens with zero attached hydrogens (tertiary/aromatic N) is 3. The minimum atomic E-state index is -0.136. The molecule has 0 spiro atoms. The van der Waals surface area contributed by atoms with Crippen molar-refractivity contribution in [3.8, 4) is 5.75 Å². The molecule has 0 radical (unpaired) electrons. The van der Waals surface area contributed by atoms with Gasteiger partial charge in [0.05, 0.1) is 12.6 Å². The van der Waals surface area contributed by atoms with Gasteiger partial charge in [-0.2, -0.15) is 4.98 Å². The molecule has 7 heteroatoms. The number of ether oxygens (including phenoxy) is 1. The van der Waals surface area contributed by atoms with Crippen LogP contribution in [0.1, 0.15) is 21.5 Å². The topological polar surface area (TPSA) is 79.4 Å². The number of para-hydroxylation sites is 2. The summed E-state index contributed by atoms with van der Waals surface area (Å²) in [6, 6.07) is 31.1. The number of carbonyl (C=O) groups excluding carboxylic acids is 1. The molecule has 1 amide bonds. The molecule has 5 aromatic rings. The molecule has 190 valence electrons. The summed E-state index contributed by atoms with van der Waals surface area (Å²) in [5.41, 5.74) is 5.28. The van der Waals surface area contributed by atoms with Gasteiger partial charge in [0, 0.05) is 35.9 Å². The highest BCUT2D eigenvalue weighted by Crippen LogP contribution is 2.30. The molecule has 0 bridgehead atoms. The van der Waals surface area contributed by atoms with E-state index >= 15 is 0 Å². The van der Waals surface area contributed by atoms with Crippen molar-refractivity contribution in [2.45, 2.75) is 13.5 Å². The molecule has 0 unspecified atom stereocenters. The molecular weight excluding hydrogens is 474 g/mol. The predicted molar refractivity (Wildman–Crippen MR) is 153 cm³/mol. The monoisotopic (exact) mass is 503 g/mol. The van der Waals surface area contributed by atoms with Crippen LogP contribution < -0.4 is 20.3 Å². The number of fused-ring (bicyclic) bond motifs is 1. The van der Waals surface area contributed by atoms with Crippen molar-refractivity contribution in [1.82, 2.24) is 9.97 Å². The van der Waals surface area contributed by atoms with Crippen LogP contribution in [0.2, 0.25) is 0 Å². The van der Waals surface area contributed by atoms with E-state index in [2.05, 4.69) is 10.6 Å². The van der Waals surface area contributed by atoms with Gasteiger partial charge in [-0.05, 0) is 72.6 Å². The van der Waals surface area contributed by atoms with E-state index in [4.69, 9.17) is 14.7 Å². The largest absolute Gasteiger partial charge is 0.497 e. The van der Waals surface area contributed by atoms with E-state index in [1.165, 1.54) is 0 Å². The van der Waals surface area contributed by atoms with Crippen LogP contribution in [-0.4, -0.2) is 30.0 Å². The van der Waals surface area contributed by atoms with Crippen molar-refractivity contribution in [2.75, 3.05) is 29.7 Å². The molecule has 0 aliphatic heterocycles. The molecular formula is C31H29N5O2.